The predicted molar refractivity (Wildman–Crippen MR) is 89.5 cm³/mol. The summed E-state index contributed by atoms with van der Waals surface area (Å²) in [6.45, 7) is 0. The number of benzene rings is 2. The van der Waals surface area contributed by atoms with E-state index in [-0.39, 0.29) is 0 Å². The van der Waals surface area contributed by atoms with E-state index in [2.05, 4.69) is 41.0 Å². The summed E-state index contributed by atoms with van der Waals surface area (Å²) in [6, 6.07) is 20.4. The lowest BCUT2D eigenvalue weighted by Crippen LogP contribution is -2.07. The lowest BCUT2D eigenvalue weighted by atomic mass is 9.98. The van der Waals surface area contributed by atoms with Crippen molar-refractivity contribution in [2.24, 2.45) is 0 Å². The first-order valence-corrected chi connectivity index (χ1v) is 7.91. The number of rotatable bonds is 2. The normalized spacial score (nSPS) is 13.8. The monoisotopic (exact) mass is 289 g/mol. The van der Waals surface area contributed by atoms with Gasteiger partial charge in [0, 0.05) is 11.4 Å². The Morgan fingerprint density at radius 2 is 1.55 bits per heavy atom. The van der Waals surface area contributed by atoms with E-state index in [4.69, 9.17) is 0 Å². The molecule has 0 radical (unpaired) electrons. The van der Waals surface area contributed by atoms with Crippen molar-refractivity contribution in [1.29, 1.82) is 0 Å². The third-order valence-corrected chi connectivity index (χ3v) is 4.48. The van der Waals surface area contributed by atoms with Gasteiger partial charge in [0.2, 0.25) is 0 Å². The van der Waals surface area contributed by atoms with Crippen LogP contribution in [-0.2, 0) is 12.8 Å². The fourth-order valence-electron chi connectivity index (χ4n) is 3.42. The van der Waals surface area contributed by atoms with E-state index in [1.165, 1.54) is 41.9 Å². The van der Waals surface area contributed by atoms with Crippen LogP contribution in [0.25, 0.3) is 16.9 Å². The van der Waals surface area contributed by atoms with Crippen molar-refractivity contribution in [3.05, 3.63) is 71.9 Å². The highest BCUT2D eigenvalue weighted by atomic mass is 16.3. The highest BCUT2D eigenvalue weighted by Gasteiger charge is 2.19. The van der Waals surface area contributed by atoms with Crippen molar-refractivity contribution < 1.29 is 5.11 Å². The number of hydrogen-bond acceptors (Lipinski definition) is 1. The van der Waals surface area contributed by atoms with Crippen LogP contribution in [0.4, 0.5) is 0 Å². The summed E-state index contributed by atoms with van der Waals surface area (Å²) >= 11 is 0. The fourth-order valence-corrected chi connectivity index (χ4v) is 3.42. The van der Waals surface area contributed by atoms with Crippen LogP contribution in [0.1, 0.15) is 24.1 Å². The van der Waals surface area contributed by atoms with Crippen LogP contribution in [0.15, 0.2) is 60.7 Å². The predicted octanol–water partition coefficient (Wildman–Crippen LogP) is 4.73. The SMILES string of the molecule is Oc1ccc(-c2cc3c(n2-c2ccccc2)CCCC3)cc1. The topological polar surface area (TPSA) is 25.2 Å². The van der Waals surface area contributed by atoms with Gasteiger partial charge in [-0.05, 0) is 79.3 Å². The van der Waals surface area contributed by atoms with Crippen LogP contribution in [-0.4, -0.2) is 9.67 Å². The Morgan fingerprint density at radius 1 is 0.818 bits per heavy atom. The van der Waals surface area contributed by atoms with Crippen molar-refractivity contribution in [2.45, 2.75) is 25.7 Å². The molecule has 110 valence electrons. The Hall–Kier alpha value is -2.48. The summed E-state index contributed by atoms with van der Waals surface area (Å²) in [4.78, 5) is 0. The van der Waals surface area contributed by atoms with E-state index < -0.39 is 0 Å². The van der Waals surface area contributed by atoms with E-state index in [9.17, 15) is 5.11 Å². The Morgan fingerprint density at radius 3 is 2.32 bits per heavy atom. The first-order chi connectivity index (χ1) is 10.8. The first kappa shape index (κ1) is 13.2. The Kier molecular flexibility index (Phi) is 3.23. The van der Waals surface area contributed by atoms with Crippen LogP contribution in [0.5, 0.6) is 5.75 Å². The van der Waals surface area contributed by atoms with Gasteiger partial charge >= 0.3 is 0 Å². The molecule has 0 aliphatic heterocycles. The van der Waals surface area contributed by atoms with Gasteiger partial charge in [-0.25, -0.2) is 0 Å². The Bertz CT molecular complexity index is 785. The summed E-state index contributed by atoms with van der Waals surface area (Å²) in [5.74, 6) is 0.311. The van der Waals surface area contributed by atoms with Gasteiger partial charge in [-0.1, -0.05) is 18.2 Å². The molecule has 0 fully saturated rings. The van der Waals surface area contributed by atoms with Crippen molar-refractivity contribution >= 4 is 0 Å². The van der Waals surface area contributed by atoms with E-state index in [1.807, 2.05) is 12.1 Å². The second-order valence-corrected chi connectivity index (χ2v) is 5.93. The molecule has 0 bridgehead atoms. The maximum atomic E-state index is 9.55. The van der Waals surface area contributed by atoms with Crippen molar-refractivity contribution in [1.82, 2.24) is 4.57 Å². The average Bonchev–Trinajstić information content (AvgIpc) is 2.96. The number of phenols is 1. The van der Waals surface area contributed by atoms with Gasteiger partial charge in [-0.3, -0.25) is 0 Å². The molecule has 4 rings (SSSR count). The first-order valence-electron chi connectivity index (χ1n) is 7.91. The minimum atomic E-state index is 0.311. The molecule has 0 atom stereocenters. The van der Waals surface area contributed by atoms with E-state index >= 15 is 0 Å². The van der Waals surface area contributed by atoms with Gasteiger partial charge in [0.05, 0.1) is 5.69 Å². The molecule has 1 aliphatic rings. The van der Waals surface area contributed by atoms with Gasteiger partial charge in [0.1, 0.15) is 5.75 Å². The molecule has 0 unspecified atom stereocenters. The number of phenolic OH excluding ortho intramolecular Hbond substituents is 1. The smallest absolute Gasteiger partial charge is 0.115 e. The van der Waals surface area contributed by atoms with Gasteiger partial charge in [0.25, 0.3) is 0 Å². The average molecular weight is 289 g/mol. The van der Waals surface area contributed by atoms with Crippen LogP contribution >= 0.6 is 0 Å². The van der Waals surface area contributed by atoms with Crippen LogP contribution in [0.3, 0.4) is 0 Å². The molecule has 2 heteroatoms. The largest absolute Gasteiger partial charge is 0.508 e. The van der Waals surface area contributed by atoms with E-state index in [1.54, 1.807) is 12.1 Å². The third kappa shape index (κ3) is 2.21. The van der Waals surface area contributed by atoms with Crippen LogP contribution < -0.4 is 0 Å². The molecule has 1 aromatic heterocycles. The summed E-state index contributed by atoms with van der Waals surface area (Å²) in [5, 5.41) is 9.55. The highest BCUT2D eigenvalue weighted by Crippen LogP contribution is 2.34. The van der Waals surface area contributed by atoms with Crippen LogP contribution in [0.2, 0.25) is 0 Å². The summed E-state index contributed by atoms with van der Waals surface area (Å²) in [7, 11) is 0. The van der Waals surface area contributed by atoms with E-state index in [0.29, 0.717) is 5.75 Å². The van der Waals surface area contributed by atoms with Gasteiger partial charge < -0.3 is 9.67 Å². The zero-order chi connectivity index (χ0) is 14.9. The molecule has 0 saturated heterocycles. The summed E-state index contributed by atoms with van der Waals surface area (Å²) in [5.41, 5.74) is 6.50. The van der Waals surface area contributed by atoms with Gasteiger partial charge in [-0.2, -0.15) is 0 Å². The summed E-state index contributed by atoms with van der Waals surface area (Å²) < 4.78 is 2.39. The lowest BCUT2D eigenvalue weighted by Gasteiger charge is -2.17. The van der Waals surface area contributed by atoms with Crippen LogP contribution in [0, 0.1) is 0 Å². The Balaban J connectivity index is 1.94. The number of aromatic nitrogens is 1. The second kappa shape index (κ2) is 5.38. The quantitative estimate of drug-likeness (QED) is 0.725. The molecular formula is C20H19NO. The Labute approximate surface area is 130 Å². The molecule has 0 saturated carbocycles. The van der Waals surface area contributed by atoms with Gasteiger partial charge in [0.15, 0.2) is 0 Å². The molecule has 22 heavy (non-hydrogen) atoms. The maximum absolute atomic E-state index is 9.55. The zero-order valence-electron chi connectivity index (χ0n) is 12.5. The number of hydrogen-bond donors (Lipinski definition) is 1. The van der Waals surface area contributed by atoms with Crippen molar-refractivity contribution in [3.8, 4) is 22.7 Å². The highest BCUT2D eigenvalue weighted by molar-refractivity contribution is 5.67. The van der Waals surface area contributed by atoms with Crippen molar-refractivity contribution in [2.75, 3.05) is 0 Å². The molecule has 2 nitrogen and oxygen atoms in total. The molecule has 0 amide bonds. The molecule has 1 N–H and O–H groups in total. The summed E-state index contributed by atoms with van der Waals surface area (Å²) in [6.07, 6.45) is 4.85. The third-order valence-electron chi connectivity index (χ3n) is 4.48. The molecule has 1 aliphatic carbocycles. The molecule has 3 aromatic rings. The van der Waals surface area contributed by atoms with Crippen molar-refractivity contribution in [3.63, 3.8) is 0 Å². The second-order valence-electron chi connectivity index (χ2n) is 5.93. The van der Waals surface area contributed by atoms with E-state index in [0.717, 1.165) is 12.0 Å². The minimum absolute atomic E-state index is 0.311. The number of para-hydroxylation sites is 1. The molecular weight excluding hydrogens is 270 g/mol. The molecule has 0 spiro atoms. The number of aromatic hydroxyl groups is 1. The number of aryl methyl sites for hydroxylation is 1. The zero-order valence-corrected chi connectivity index (χ0v) is 12.5. The fraction of sp³-hybridized carbons (Fsp3) is 0.200. The number of fused-ring (bicyclic) bond motifs is 1. The maximum Gasteiger partial charge on any atom is 0.115 e. The molecule has 2 aromatic carbocycles. The molecule has 1 heterocycles. The standard InChI is InChI=1S/C20H19NO/c22-18-12-10-15(11-13-18)20-14-16-6-4-5-9-19(16)21(20)17-7-2-1-3-8-17/h1-3,7-8,10-14,22H,4-6,9H2. The minimum Gasteiger partial charge on any atom is -0.508 e. The lowest BCUT2D eigenvalue weighted by molar-refractivity contribution is 0.475. The van der Waals surface area contributed by atoms with Gasteiger partial charge in [-0.15, -0.1) is 0 Å². The number of nitrogens with zero attached hydrogens (tertiary/aromatic N) is 1.